The molecule has 1 fully saturated rings. The normalized spacial score (nSPS) is 42.6. The Morgan fingerprint density at radius 2 is 2.38 bits per heavy atom. The summed E-state index contributed by atoms with van der Waals surface area (Å²) in [5.74, 6) is -0.380. The van der Waals surface area contributed by atoms with Crippen LogP contribution in [0.2, 0.25) is 0 Å². The highest BCUT2D eigenvalue weighted by molar-refractivity contribution is 6.42. The van der Waals surface area contributed by atoms with Gasteiger partial charge in [-0.15, -0.1) is 0 Å². The Hall–Kier alpha value is -0.550. The lowest BCUT2D eigenvalue weighted by molar-refractivity contribution is -0.117. The van der Waals surface area contributed by atoms with Gasteiger partial charge in [0.1, 0.15) is 11.9 Å². The molecule has 1 aliphatic heterocycles. The number of carbonyl (C=O) groups is 1. The first-order valence-corrected chi connectivity index (χ1v) is 5.39. The molecule has 0 radical (unpaired) electrons. The molecule has 1 heterocycles. The molecule has 6 heteroatoms. The van der Waals surface area contributed by atoms with E-state index in [2.05, 4.69) is 0 Å². The molecule has 0 aromatic rings. The molecular formula is C10H10Cl2O4. The van der Waals surface area contributed by atoms with E-state index in [9.17, 15) is 9.90 Å². The zero-order chi connectivity index (χ0) is 12.1. The standard InChI is InChI=1S/C10H10Cl2O4/c1-3-6(11)9-8(14)5(15-2)4-7(13)10(9,12)16-9/h3-4,8,14H,1-2H3/b6-3+/t8-,9+,10-/m1/s1. The molecule has 4 nitrogen and oxygen atoms in total. The molecule has 3 atom stereocenters. The van der Waals surface area contributed by atoms with E-state index in [0.29, 0.717) is 0 Å². The van der Waals surface area contributed by atoms with Crippen LogP contribution in [0.4, 0.5) is 0 Å². The van der Waals surface area contributed by atoms with Crippen molar-refractivity contribution in [3.05, 3.63) is 22.9 Å². The van der Waals surface area contributed by atoms with Crippen molar-refractivity contribution in [3.8, 4) is 0 Å². The monoisotopic (exact) mass is 264 g/mol. The summed E-state index contributed by atoms with van der Waals surface area (Å²) >= 11 is 11.9. The van der Waals surface area contributed by atoms with Crippen LogP contribution in [0, 0.1) is 0 Å². The summed E-state index contributed by atoms with van der Waals surface area (Å²) in [7, 11) is 1.35. The Morgan fingerprint density at radius 1 is 1.75 bits per heavy atom. The minimum atomic E-state index is -1.60. The van der Waals surface area contributed by atoms with Gasteiger partial charge < -0.3 is 14.6 Å². The molecule has 1 N–H and O–H groups in total. The van der Waals surface area contributed by atoms with Gasteiger partial charge in [0, 0.05) is 6.08 Å². The average Bonchev–Trinajstić information content (AvgIpc) is 2.93. The van der Waals surface area contributed by atoms with Gasteiger partial charge in [0.15, 0.2) is 5.60 Å². The van der Waals surface area contributed by atoms with Crippen LogP contribution in [0.1, 0.15) is 6.92 Å². The number of hydrogen-bond acceptors (Lipinski definition) is 4. The van der Waals surface area contributed by atoms with Crippen LogP contribution < -0.4 is 0 Å². The Bertz CT molecular complexity index is 417. The fourth-order valence-electron chi connectivity index (χ4n) is 1.88. The summed E-state index contributed by atoms with van der Waals surface area (Å²) in [6.45, 7) is 1.66. The third kappa shape index (κ3) is 1.16. The fraction of sp³-hybridized carbons (Fsp3) is 0.500. The predicted molar refractivity (Wildman–Crippen MR) is 58.1 cm³/mol. The van der Waals surface area contributed by atoms with Gasteiger partial charge in [-0.3, -0.25) is 4.79 Å². The second kappa shape index (κ2) is 3.47. The summed E-state index contributed by atoms with van der Waals surface area (Å²) in [6, 6.07) is 0. The summed E-state index contributed by atoms with van der Waals surface area (Å²) < 4.78 is 10.1. The van der Waals surface area contributed by atoms with E-state index >= 15 is 0 Å². The van der Waals surface area contributed by atoms with Crippen LogP contribution in [0.15, 0.2) is 22.9 Å². The maximum absolute atomic E-state index is 11.7. The number of epoxide rings is 1. The van der Waals surface area contributed by atoms with E-state index < -0.39 is 22.5 Å². The zero-order valence-corrected chi connectivity index (χ0v) is 10.2. The summed E-state index contributed by atoms with van der Waals surface area (Å²) in [4.78, 5) is 11.7. The van der Waals surface area contributed by atoms with Crippen molar-refractivity contribution in [1.29, 1.82) is 0 Å². The van der Waals surface area contributed by atoms with Crippen LogP contribution in [0.25, 0.3) is 0 Å². The largest absolute Gasteiger partial charge is 0.498 e. The summed E-state index contributed by atoms with van der Waals surface area (Å²) in [5.41, 5.74) is -1.40. The third-order valence-corrected chi connectivity index (χ3v) is 3.87. The summed E-state index contributed by atoms with van der Waals surface area (Å²) in [6.07, 6.45) is 1.47. The highest BCUT2D eigenvalue weighted by Gasteiger charge is 2.81. The number of alkyl halides is 1. The van der Waals surface area contributed by atoms with Gasteiger partial charge in [-0.25, -0.2) is 0 Å². The van der Waals surface area contributed by atoms with Gasteiger partial charge in [0.05, 0.1) is 12.1 Å². The van der Waals surface area contributed by atoms with Crippen molar-refractivity contribution in [2.75, 3.05) is 7.11 Å². The number of fused-ring (bicyclic) bond motifs is 1. The smallest absolute Gasteiger partial charge is 0.243 e. The Labute approximate surface area is 102 Å². The number of methoxy groups -OCH3 is 1. The number of halogens is 2. The number of carbonyl (C=O) groups excluding carboxylic acids is 1. The van der Waals surface area contributed by atoms with Crippen molar-refractivity contribution < 1.29 is 19.4 Å². The number of ketones is 1. The molecule has 0 unspecified atom stereocenters. The minimum Gasteiger partial charge on any atom is -0.498 e. The van der Waals surface area contributed by atoms with Crippen LogP contribution in [-0.2, 0) is 14.3 Å². The van der Waals surface area contributed by atoms with E-state index in [1.165, 1.54) is 13.2 Å². The van der Waals surface area contributed by atoms with Gasteiger partial charge in [-0.05, 0) is 6.92 Å². The number of rotatable bonds is 2. The highest BCUT2D eigenvalue weighted by Crippen LogP contribution is 2.62. The molecule has 88 valence electrons. The quantitative estimate of drug-likeness (QED) is 0.604. The predicted octanol–water partition coefficient (Wildman–Crippen LogP) is 1.31. The van der Waals surface area contributed by atoms with Crippen molar-refractivity contribution in [2.45, 2.75) is 23.7 Å². The van der Waals surface area contributed by atoms with Crippen molar-refractivity contribution in [3.63, 3.8) is 0 Å². The SMILES string of the molecule is C/C=C(/Cl)[C@@]12O[C@]1(Cl)C(=O)C=C(OC)[C@H]2O. The minimum absolute atomic E-state index is 0.0961. The Morgan fingerprint density at radius 3 is 2.88 bits per heavy atom. The highest BCUT2D eigenvalue weighted by atomic mass is 35.5. The molecule has 0 spiro atoms. The molecule has 0 aromatic heterocycles. The molecule has 2 rings (SSSR count). The molecule has 0 amide bonds. The lowest BCUT2D eigenvalue weighted by atomic mass is 9.88. The van der Waals surface area contributed by atoms with E-state index in [1.54, 1.807) is 6.92 Å². The van der Waals surface area contributed by atoms with Crippen molar-refractivity contribution in [2.24, 2.45) is 0 Å². The lowest BCUT2D eigenvalue weighted by Crippen LogP contribution is -2.44. The van der Waals surface area contributed by atoms with Crippen LogP contribution in [-0.4, -0.2) is 34.8 Å². The van der Waals surface area contributed by atoms with Gasteiger partial charge in [-0.1, -0.05) is 29.3 Å². The maximum atomic E-state index is 11.7. The molecular weight excluding hydrogens is 255 g/mol. The molecule has 0 bridgehead atoms. The molecule has 2 aliphatic rings. The maximum Gasteiger partial charge on any atom is 0.243 e. The Balaban J connectivity index is 2.51. The van der Waals surface area contributed by atoms with Gasteiger partial charge >= 0.3 is 0 Å². The third-order valence-electron chi connectivity index (χ3n) is 2.83. The van der Waals surface area contributed by atoms with Crippen molar-refractivity contribution >= 4 is 29.0 Å². The fourth-order valence-corrected chi connectivity index (χ4v) is 2.59. The Kier molecular flexibility index (Phi) is 2.58. The van der Waals surface area contributed by atoms with E-state index in [4.69, 9.17) is 32.7 Å². The molecule has 1 aliphatic carbocycles. The van der Waals surface area contributed by atoms with Gasteiger partial charge in [-0.2, -0.15) is 0 Å². The second-order valence-corrected chi connectivity index (χ2v) is 4.53. The van der Waals surface area contributed by atoms with Crippen LogP contribution in [0.3, 0.4) is 0 Å². The number of ether oxygens (including phenoxy) is 2. The first-order valence-electron chi connectivity index (χ1n) is 4.63. The number of hydrogen-bond donors (Lipinski definition) is 1. The molecule has 0 aromatic carbocycles. The second-order valence-electron chi connectivity index (χ2n) is 3.59. The average molecular weight is 265 g/mol. The summed E-state index contributed by atoms with van der Waals surface area (Å²) in [5, 5.41) is 8.62. The topological polar surface area (TPSA) is 59.1 Å². The van der Waals surface area contributed by atoms with Crippen LogP contribution in [0.5, 0.6) is 0 Å². The molecule has 0 saturated carbocycles. The first-order chi connectivity index (χ1) is 7.44. The number of aliphatic hydroxyl groups excluding tert-OH is 1. The first kappa shape index (κ1) is 11.9. The molecule has 16 heavy (non-hydrogen) atoms. The van der Waals surface area contributed by atoms with Gasteiger partial charge in [0.2, 0.25) is 10.8 Å². The number of allylic oxidation sites excluding steroid dienone is 1. The number of aliphatic hydroxyl groups is 1. The van der Waals surface area contributed by atoms with E-state index in [-0.39, 0.29) is 10.8 Å². The van der Waals surface area contributed by atoms with Crippen LogP contribution >= 0.6 is 23.2 Å². The molecule has 1 saturated heterocycles. The van der Waals surface area contributed by atoms with E-state index in [0.717, 1.165) is 6.08 Å². The van der Waals surface area contributed by atoms with Crippen molar-refractivity contribution in [1.82, 2.24) is 0 Å². The van der Waals surface area contributed by atoms with Gasteiger partial charge in [0.25, 0.3) is 0 Å². The lowest BCUT2D eigenvalue weighted by Gasteiger charge is -2.25. The zero-order valence-electron chi connectivity index (χ0n) is 8.66. The van der Waals surface area contributed by atoms with E-state index in [1.807, 2.05) is 0 Å².